The van der Waals surface area contributed by atoms with Crippen LogP contribution in [0.25, 0.3) is 16.9 Å². The van der Waals surface area contributed by atoms with Crippen molar-refractivity contribution >= 4 is 17.2 Å². The van der Waals surface area contributed by atoms with Gasteiger partial charge in [-0.05, 0) is 30.5 Å². The molecule has 26 heavy (non-hydrogen) atoms. The largest absolute Gasteiger partial charge is 0.284 e. The zero-order chi connectivity index (χ0) is 17.6. The van der Waals surface area contributed by atoms with E-state index in [1.165, 1.54) is 24.8 Å². The Kier molecular flexibility index (Phi) is 5.26. The van der Waals surface area contributed by atoms with Gasteiger partial charge in [0, 0.05) is 24.0 Å². The summed E-state index contributed by atoms with van der Waals surface area (Å²) in [4.78, 5) is 5.53. The van der Waals surface area contributed by atoms with Gasteiger partial charge in [0.15, 0.2) is 0 Å². The molecule has 0 saturated carbocycles. The first-order chi connectivity index (χ1) is 12.9. The fourth-order valence-corrected chi connectivity index (χ4v) is 3.97. The number of nitrogens with one attached hydrogen (secondary N) is 1. The van der Waals surface area contributed by atoms with Crippen molar-refractivity contribution in [2.24, 2.45) is 10.1 Å². The number of hydrogen-bond acceptors (Lipinski definition) is 4. The Balaban J connectivity index is 1.76. The van der Waals surface area contributed by atoms with Gasteiger partial charge in [0.05, 0.1) is 5.69 Å². The third kappa shape index (κ3) is 3.78. The Morgan fingerprint density at radius 1 is 0.923 bits per heavy atom. The van der Waals surface area contributed by atoms with Crippen LogP contribution in [0.5, 0.6) is 0 Å². The van der Waals surface area contributed by atoms with Gasteiger partial charge in [-0.25, -0.2) is 0 Å². The number of hydrogen-bond donors (Lipinski definition) is 1. The van der Waals surface area contributed by atoms with Crippen LogP contribution in [0.4, 0.5) is 0 Å². The SMILES string of the molecule is c1ccc(-c2csc(=NNC3=NCCCCC3)n2-c2ccccc2)cc1. The second kappa shape index (κ2) is 8.15. The molecule has 132 valence electrons. The summed E-state index contributed by atoms with van der Waals surface area (Å²) in [5.74, 6) is 0.997. The molecule has 4 rings (SSSR count). The maximum absolute atomic E-state index is 4.69. The fourth-order valence-electron chi connectivity index (χ4n) is 3.10. The normalized spacial score (nSPS) is 15.4. The standard InChI is InChI=1S/C21H22N4S/c1-4-10-17(11-5-1)19-16-26-21(25(19)18-12-6-2-7-13-18)24-23-20-14-8-3-9-15-22-20/h1-2,4-7,10-13,16H,3,8-9,14-15H2,(H,22,23). The summed E-state index contributed by atoms with van der Waals surface area (Å²) < 4.78 is 2.20. The van der Waals surface area contributed by atoms with Gasteiger partial charge in [-0.15, -0.1) is 16.4 Å². The summed E-state index contributed by atoms with van der Waals surface area (Å²) in [6, 6.07) is 20.8. The fraction of sp³-hybridized carbons (Fsp3) is 0.238. The van der Waals surface area contributed by atoms with E-state index in [1.54, 1.807) is 11.3 Å². The maximum Gasteiger partial charge on any atom is 0.213 e. The molecule has 3 aromatic rings. The molecule has 0 radical (unpaired) electrons. The quantitative estimate of drug-likeness (QED) is 0.681. The van der Waals surface area contributed by atoms with Crippen molar-refractivity contribution in [3.63, 3.8) is 0 Å². The highest BCUT2D eigenvalue weighted by molar-refractivity contribution is 7.07. The minimum atomic E-state index is 0.899. The molecule has 0 bridgehead atoms. The molecular formula is C21H22N4S. The summed E-state index contributed by atoms with van der Waals surface area (Å²) in [7, 11) is 0. The van der Waals surface area contributed by atoms with Gasteiger partial charge in [0.25, 0.3) is 0 Å². The van der Waals surface area contributed by atoms with Gasteiger partial charge in [0.2, 0.25) is 4.80 Å². The van der Waals surface area contributed by atoms with Crippen molar-refractivity contribution in [3.8, 4) is 16.9 Å². The molecule has 5 heteroatoms. The zero-order valence-electron chi connectivity index (χ0n) is 14.6. The zero-order valence-corrected chi connectivity index (χ0v) is 15.5. The van der Waals surface area contributed by atoms with Crippen LogP contribution in [0.15, 0.2) is 76.1 Å². The number of benzene rings is 2. The average Bonchev–Trinajstić information content (AvgIpc) is 2.95. The van der Waals surface area contributed by atoms with E-state index in [0.29, 0.717) is 0 Å². The second-order valence-corrected chi connectivity index (χ2v) is 7.14. The van der Waals surface area contributed by atoms with E-state index < -0.39 is 0 Å². The molecule has 1 N–H and O–H groups in total. The van der Waals surface area contributed by atoms with E-state index in [-0.39, 0.29) is 0 Å². The van der Waals surface area contributed by atoms with E-state index in [4.69, 9.17) is 5.10 Å². The van der Waals surface area contributed by atoms with E-state index in [9.17, 15) is 0 Å². The van der Waals surface area contributed by atoms with Crippen molar-refractivity contribution in [3.05, 3.63) is 70.8 Å². The molecule has 1 aromatic heterocycles. The highest BCUT2D eigenvalue weighted by Crippen LogP contribution is 2.23. The van der Waals surface area contributed by atoms with Crippen LogP contribution in [0.3, 0.4) is 0 Å². The van der Waals surface area contributed by atoms with Gasteiger partial charge in [0.1, 0.15) is 5.84 Å². The molecule has 2 aromatic carbocycles. The van der Waals surface area contributed by atoms with Crippen LogP contribution in [-0.4, -0.2) is 16.9 Å². The highest BCUT2D eigenvalue weighted by Gasteiger charge is 2.10. The summed E-state index contributed by atoms with van der Waals surface area (Å²) >= 11 is 1.64. The van der Waals surface area contributed by atoms with Gasteiger partial charge >= 0.3 is 0 Å². The Morgan fingerprint density at radius 2 is 1.69 bits per heavy atom. The number of aliphatic imine (C=N–C) groups is 1. The smallest absolute Gasteiger partial charge is 0.213 e. The maximum atomic E-state index is 4.69. The van der Waals surface area contributed by atoms with E-state index in [0.717, 1.165) is 35.0 Å². The first-order valence-corrected chi connectivity index (χ1v) is 9.94. The lowest BCUT2D eigenvalue weighted by atomic mass is 10.1. The Hall–Kier alpha value is -2.66. The monoisotopic (exact) mass is 362 g/mol. The molecule has 0 amide bonds. The number of aromatic nitrogens is 1. The first kappa shape index (κ1) is 16.8. The molecule has 0 atom stereocenters. The molecule has 0 spiro atoms. The lowest BCUT2D eigenvalue weighted by molar-refractivity contribution is 0.728. The number of thiazole rings is 1. The summed E-state index contributed by atoms with van der Waals surface area (Å²) in [6.07, 6.45) is 4.58. The van der Waals surface area contributed by atoms with Gasteiger partial charge < -0.3 is 0 Å². The molecule has 1 aliphatic rings. The van der Waals surface area contributed by atoms with Crippen LogP contribution >= 0.6 is 11.3 Å². The van der Waals surface area contributed by atoms with E-state index in [2.05, 4.69) is 68.9 Å². The van der Waals surface area contributed by atoms with Crippen molar-refractivity contribution in [1.82, 2.24) is 9.99 Å². The van der Waals surface area contributed by atoms with Crippen molar-refractivity contribution in [1.29, 1.82) is 0 Å². The van der Waals surface area contributed by atoms with Crippen LogP contribution in [0, 0.1) is 0 Å². The number of nitrogens with zero attached hydrogens (tertiary/aromatic N) is 3. The predicted octanol–water partition coefficient (Wildman–Crippen LogP) is 4.58. The molecule has 1 aliphatic heterocycles. The van der Waals surface area contributed by atoms with E-state index in [1.807, 2.05) is 12.1 Å². The lowest BCUT2D eigenvalue weighted by Gasteiger charge is -2.09. The first-order valence-electron chi connectivity index (χ1n) is 9.06. The Labute approximate surface area is 157 Å². The van der Waals surface area contributed by atoms with Crippen molar-refractivity contribution in [2.45, 2.75) is 25.7 Å². The summed E-state index contributed by atoms with van der Waals surface area (Å²) in [6.45, 7) is 0.899. The number of amidine groups is 1. The molecule has 0 fully saturated rings. The second-order valence-electron chi connectivity index (χ2n) is 6.30. The highest BCUT2D eigenvalue weighted by atomic mass is 32.1. The summed E-state index contributed by atoms with van der Waals surface area (Å²) in [5, 5.41) is 6.86. The van der Waals surface area contributed by atoms with Crippen LogP contribution in [-0.2, 0) is 0 Å². The van der Waals surface area contributed by atoms with E-state index >= 15 is 0 Å². The topological polar surface area (TPSA) is 41.7 Å². The van der Waals surface area contributed by atoms with Crippen molar-refractivity contribution < 1.29 is 0 Å². The van der Waals surface area contributed by atoms with Crippen LogP contribution in [0.1, 0.15) is 25.7 Å². The number of para-hydroxylation sites is 1. The third-order valence-electron chi connectivity index (χ3n) is 4.45. The molecule has 2 heterocycles. The molecule has 0 unspecified atom stereocenters. The third-order valence-corrected chi connectivity index (χ3v) is 5.27. The van der Waals surface area contributed by atoms with Crippen molar-refractivity contribution in [2.75, 3.05) is 6.54 Å². The minimum Gasteiger partial charge on any atom is -0.284 e. The minimum absolute atomic E-state index is 0.899. The molecule has 0 saturated heterocycles. The molecule has 0 aliphatic carbocycles. The molecule has 4 nitrogen and oxygen atoms in total. The van der Waals surface area contributed by atoms with Gasteiger partial charge in [-0.1, -0.05) is 55.0 Å². The van der Waals surface area contributed by atoms with Crippen LogP contribution in [0.2, 0.25) is 0 Å². The number of rotatable bonds is 3. The summed E-state index contributed by atoms with van der Waals surface area (Å²) in [5.41, 5.74) is 6.65. The molecular weight excluding hydrogens is 340 g/mol. The lowest BCUT2D eigenvalue weighted by Crippen LogP contribution is -2.24. The van der Waals surface area contributed by atoms with Gasteiger partial charge in [-0.3, -0.25) is 15.0 Å². The predicted molar refractivity (Wildman–Crippen MR) is 109 cm³/mol. The average molecular weight is 363 g/mol. The Morgan fingerprint density at radius 3 is 2.50 bits per heavy atom. The van der Waals surface area contributed by atoms with Crippen LogP contribution < -0.4 is 10.2 Å². The van der Waals surface area contributed by atoms with Gasteiger partial charge in [-0.2, -0.15) is 0 Å². The Bertz CT molecular complexity index is 939.